The molecule has 1 N–H and O–H groups in total. The number of rotatable bonds is 6. The van der Waals surface area contributed by atoms with Gasteiger partial charge in [-0.15, -0.1) is 0 Å². The number of carbonyl (C=O) groups excluding carboxylic acids is 1. The van der Waals surface area contributed by atoms with E-state index < -0.39 is 16.0 Å². The quantitative estimate of drug-likeness (QED) is 0.417. The van der Waals surface area contributed by atoms with E-state index in [1.807, 2.05) is 6.92 Å². The molecule has 10 heteroatoms. The molecule has 0 radical (unpaired) electrons. The molecule has 0 aliphatic heterocycles. The summed E-state index contributed by atoms with van der Waals surface area (Å²) in [4.78, 5) is 16.7. The number of hydrogen-bond acceptors (Lipinski definition) is 6. The minimum Gasteiger partial charge on any atom is -0.628 e. The third-order valence-corrected chi connectivity index (χ3v) is 7.53. The molecule has 1 aromatic carbocycles. The molecule has 2 heterocycles. The number of quaternary nitrogens is 1. The van der Waals surface area contributed by atoms with E-state index in [-0.39, 0.29) is 32.5 Å². The van der Waals surface area contributed by atoms with Crippen molar-refractivity contribution in [2.45, 2.75) is 45.6 Å². The summed E-state index contributed by atoms with van der Waals surface area (Å²) in [6.07, 6.45) is 2.65. The third-order valence-electron chi connectivity index (χ3n) is 5.25. The SMILES string of the molecule is COC(=O)c1cc(-c2cc([NH+]([O-])C(C)C)ncc2Cl)cn1S(=O)(=O)c1c(C)cc(C)cc1C. The van der Waals surface area contributed by atoms with E-state index in [0.717, 1.165) is 9.54 Å². The first-order valence-corrected chi connectivity index (χ1v) is 12.0. The topological polar surface area (TPSA) is 106 Å². The van der Waals surface area contributed by atoms with Crippen LogP contribution in [-0.2, 0) is 14.8 Å². The van der Waals surface area contributed by atoms with Crippen LogP contribution in [0.1, 0.15) is 41.0 Å². The van der Waals surface area contributed by atoms with Crippen LogP contribution in [0.3, 0.4) is 0 Å². The number of ether oxygens (including phenoxy) is 1. The van der Waals surface area contributed by atoms with Crippen LogP contribution in [0.15, 0.2) is 41.6 Å². The van der Waals surface area contributed by atoms with Crippen LogP contribution in [0.4, 0.5) is 5.82 Å². The Bertz CT molecular complexity index is 1310. The number of hydrogen-bond donors (Lipinski definition) is 1. The van der Waals surface area contributed by atoms with Crippen molar-refractivity contribution >= 4 is 33.4 Å². The zero-order chi connectivity index (χ0) is 24.7. The van der Waals surface area contributed by atoms with E-state index in [1.54, 1.807) is 39.8 Å². The Hall–Kier alpha value is -2.72. The number of esters is 1. The van der Waals surface area contributed by atoms with E-state index in [9.17, 15) is 18.4 Å². The fraction of sp³-hybridized carbons (Fsp3) is 0.304. The van der Waals surface area contributed by atoms with E-state index in [0.29, 0.717) is 22.3 Å². The number of nitrogens with zero attached hydrogens (tertiary/aromatic N) is 2. The number of halogens is 1. The van der Waals surface area contributed by atoms with Crippen molar-refractivity contribution in [1.82, 2.24) is 8.96 Å². The van der Waals surface area contributed by atoms with Gasteiger partial charge in [0.1, 0.15) is 5.69 Å². The molecule has 0 aliphatic carbocycles. The van der Waals surface area contributed by atoms with Crippen molar-refractivity contribution in [2.24, 2.45) is 0 Å². The molecule has 0 saturated carbocycles. The van der Waals surface area contributed by atoms with Crippen LogP contribution in [0.25, 0.3) is 11.1 Å². The number of aromatic nitrogens is 2. The standard InChI is InChI=1S/C23H26ClN3O5S/c1-13(2)27(29)21-10-18(19(24)11-25-21)17-9-20(23(28)32-6)26(12-17)33(30,31)22-15(4)7-14(3)8-16(22)5/h7-13,27H,1-6H3. The molecule has 1 atom stereocenters. The van der Waals surface area contributed by atoms with Crippen LogP contribution in [0, 0.1) is 26.0 Å². The van der Waals surface area contributed by atoms with Gasteiger partial charge in [-0.1, -0.05) is 29.3 Å². The molecule has 0 fully saturated rings. The van der Waals surface area contributed by atoms with E-state index >= 15 is 0 Å². The van der Waals surface area contributed by atoms with Gasteiger partial charge in [-0.05, 0) is 51.8 Å². The van der Waals surface area contributed by atoms with Gasteiger partial charge in [0.15, 0.2) is 0 Å². The molecule has 33 heavy (non-hydrogen) atoms. The third kappa shape index (κ3) is 4.67. The first kappa shape index (κ1) is 24.9. The zero-order valence-electron chi connectivity index (χ0n) is 19.3. The molecule has 2 aromatic heterocycles. The highest BCUT2D eigenvalue weighted by molar-refractivity contribution is 7.90. The van der Waals surface area contributed by atoms with Gasteiger partial charge in [0.2, 0.25) is 5.82 Å². The lowest BCUT2D eigenvalue weighted by Gasteiger charge is -2.25. The largest absolute Gasteiger partial charge is 0.628 e. The van der Waals surface area contributed by atoms with Crippen LogP contribution in [0.5, 0.6) is 0 Å². The van der Waals surface area contributed by atoms with Gasteiger partial charge >= 0.3 is 5.97 Å². The number of benzene rings is 1. The van der Waals surface area contributed by atoms with E-state index in [2.05, 4.69) is 4.98 Å². The molecule has 0 aliphatic rings. The molecular weight excluding hydrogens is 466 g/mol. The average Bonchev–Trinajstić information content (AvgIpc) is 3.18. The summed E-state index contributed by atoms with van der Waals surface area (Å²) in [6.45, 7) is 8.80. The van der Waals surface area contributed by atoms with Gasteiger partial charge < -0.3 is 15.0 Å². The Morgan fingerprint density at radius 2 is 1.76 bits per heavy atom. The fourth-order valence-electron chi connectivity index (χ4n) is 3.81. The second-order valence-corrected chi connectivity index (χ2v) is 10.4. The summed E-state index contributed by atoms with van der Waals surface area (Å²) in [5, 5.41) is 12.5. The molecule has 0 spiro atoms. The van der Waals surface area contributed by atoms with Crippen molar-refractivity contribution < 1.29 is 23.0 Å². The molecule has 176 valence electrons. The Kier molecular flexibility index (Phi) is 6.99. The number of pyridine rings is 1. The molecule has 8 nitrogen and oxygen atoms in total. The smallest absolute Gasteiger partial charge is 0.355 e. The van der Waals surface area contributed by atoms with Crippen molar-refractivity contribution in [3.05, 3.63) is 69.3 Å². The Morgan fingerprint density at radius 3 is 2.30 bits per heavy atom. The molecule has 0 bridgehead atoms. The fourth-order valence-corrected chi connectivity index (χ4v) is 5.79. The lowest BCUT2D eigenvalue weighted by molar-refractivity contribution is -0.804. The number of methoxy groups -OCH3 is 1. The Balaban J connectivity index is 2.26. The van der Waals surface area contributed by atoms with Gasteiger partial charge in [0, 0.05) is 23.4 Å². The maximum absolute atomic E-state index is 13.7. The zero-order valence-corrected chi connectivity index (χ0v) is 20.8. The summed E-state index contributed by atoms with van der Waals surface area (Å²) < 4.78 is 33.1. The minimum atomic E-state index is -4.15. The monoisotopic (exact) mass is 491 g/mol. The van der Waals surface area contributed by atoms with Crippen LogP contribution in [0.2, 0.25) is 5.02 Å². The van der Waals surface area contributed by atoms with Crippen molar-refractivity contribution in [3.8, 4) is 11.1 Å². The minimum absolute atomic E-state index is 0.108. The van der Waals surface area contributed by atoms with Crippen LogP contribution >= 0.6 is 11.6 Å². The van der Waals surface area contributed by atoms with E-state index in [4.69, 9.17) is 16.3 Å². The lowest BCUT2D eigenvalue weighted by Crippen LogP contribution is -3.05. The Labute approximate surface area is 198 Å². The maximum atomic E-state index is 13.7. The summed E-state index contributed by atoms with van der Waals surface area (Å²) in [7, 11) is -2.98. The number of aryl methyl sites for hydroxylation is 3. The second kappa shape index (κ2) is 9.26. The highest BCUT2D eigenvalue weighted by atomic mass is 35.5. The average molecular weight is 492 g/mol. The predicted octanol–water partition coefficient (Wildman–Crippen LogP) is 3.57. The molecule has 0 amide bonds. The molecular formula is C23H26ClN3O5S. The van der Waals surface area contributed by atoms with Crippen molar-refractivity contribution in [2.75, 3.05) is 7.11 Å². The number of carbonyl (C=O) groups is 1. The van der Waals surface area contributed by atoms with Gasteiger partial charge in [-0.2, -0.15) is 0 Å². The summed E-state index contributed by atoms with van der Waals surface area (Å²) in [6, 6.07) is 6.14. The molecule has 1 unspecified atom stereocenters. The van der Waals surface area contributed by atoms with Gasteiger partial charge in [-0.3, -0.25) is 0 Å². The van der Waals surface area contributed by atoms with Gasteiger partial charge in [-0.25, -0.2) is 22.2 Å². The highest BCUT2D eigenvalue weighted by Gasteiger charge is 2.29. The van der Waals surface area contributed by atoms with Gasteiger partial charge in [0.05, 0.1) is 29.3 Å². The number of nitrogens with one attached hydrogen (secondary N) is 1. The summed E-state index contributed by atoms with van der Waals surface area (Å²) >= 11 is 6.34. The first-order chi connectivity index (χ1) is 15.4. The summed E-state index contributed by atoms with van der Waals surface area (Å²) in [5.41, 5.74) is 2.59. The molecule has 3 rings (SSSR count). The van der Waals surface area contributed by atoms with Gasteiger partial charge in [0.25, 0.3) is 10.0 Å². The normalized spacial score (nSPS) is 12.8. The molecule has 0 saturated heterocycles. The van der Waals surface area contributed by atoms with E-state index in [1.165, 1.54) is 31.6 Å². The van der Waals surface area contributed by atoms with Crippen LogP contribution < -0.4 is 5.06 Å². The van der Waals surface area contributed by atoms with Crippen molar-refractivity contribution in [3.63, 3.8) is 0 Å². The highest BCUT2D eigenvalue weighted by Crippen LogP contribution is 2.33. The second-order valence-electron chi connectivity index (χ2n) is 8.20. The first-order valence-electron chi connectivity index (χ1n) is 10.2. The number of hydroxylamine groups is 1. The maximum Gasteiger partial charge on any atom is 0.355 e. The predicted molar refractivity (Wildman–Crippen MR) is 126 cm³/mol. The lowest BCUT2D eigenvalue weighted by atomic mass is 10.1. The van der Waals surface area contributed by atoms with Crippen LogP contribution in [-0.4, -0.2) is 36.5 Å². The molecule has 3 aromatic rings. The van der Waals surface area contributed by atoms with Crippen molar-refractivity contribution in [1.29, 1.82) is 0 Å². The summed E-state index contributed by atoms with van der Waals surface area (Å²) in [5.74, 6) is -0.624. The Morgan fingerprint density at radius 1 is 1.15 bits per heavy atom.